The van der Waals surface area contributed by atoms with Crippen molar-refractivity contribution in [2.24, 2.45) is 5.92 Å². The van der Waals surface area contributed by atoms with Crippen molar-refractivity contribution in [3.63, 3.8) is 0 Å². The van der Waals surface area contributed by atoms with Gasteiger partial charge in [0.25, 0.3) is 0 Å². The van der Waals surface area contributed by atoms with Gasteiger partial charge in [0, 0.05) is 31.6 Å². The summed E-state index contributed by atoms with van der Waals surface area (Å²) in [4.78, 5) is 15.1. The van der Waals surface area contributed by atoms with Gasteiger partial charge in [0.1, 0.15) is 6.10 Å². The highest BCUT2D eigenvalue weighted by Gasteiger charge is 2.40. The molecule has 1 fully saturated rings. The molecule has 120 valence electrons. The number of carbonyl (C=O) groups excluding carboxylic acids is 1. The lowest BCUT2D eigenvalue weighted by Crippen LogP contribution is -2.36. The van der Waals surface area contributed by atoms with Crippen molar-refractivity contribution in [3.8, 4) is 0 Å². The van der Waals surface area contributed by atoms with E-state index in [1.54, 1.807) is 6.20 Å². The number of anilines is 1. The summed E-state index contributed by atoms with van der Waals surface area (Å²) in [5, 5.41) is 4.32. The molecule has 1 saturated heterocycles. The Balaban J connectivity index is 1.61. The maximum absolute atomic E-state index is 13.1. The summed E-state index contributed by atoms with van der Waals surface area (Å²) in [6.45, 7) is 4.24. The first kappa shape index (κ1) is 14.5. The van der Waals surface area contributed by atoms with Crippen LogP contribution in [0, 0.1) is 5.92 Å². The van der Waals surface area contributed by atoms with Crippen LogP contribution >= 0.6 is 0 Å². The normalized spacial score (nSPS) is 23.3. The number of hydrogen-bond donors (Lipinski definition) is 0. The number of para-hydroxylation sites is 1. The maximum atomic E-state index is 13.1. The van der Waals surface area contributed by atoms with E-state index in [1.165, 1.54) is 5.56 Å². The number of amides is 1. The van der Waals surface area contributed by atoms with Gasteiger partial charge >= 0.3 is 0 Å². The SMILES string of the molecule is CCn1nccc1[C@@H]1OCC[C@H]1C(=O)N1CCc2ccccc21. The van der Waals surface area contributed by atoms with Gasteiger partial charge in [-0.05, 0) is 37.5 Å². The van der Waals surface area contributed by atoms with Crippen molar-refractivity contribution < 1.29 is 9.53 Å². The van der Waals surface area contributed by atoms with Crippen LogP contribution in [-0.4, -0.2) is 28.8 Å². The highest BCUT2D eigenvalue weighted by molar-refractivity contribution is 5.97. The van der Waals surface area contributed by atoms with E-state index < -0.39 is 0 Å². The van der Waals surface area contributed by atoms with Crippen molar-refractivity contribution in [1.82, 2.24) is 9.78 Å². The summed E-state index contributed by atoms with van der Waals surface area (Å²) < 4.78 is 7.84. The van der Waals surface area contributed by atoms with E-state index >= 15 is 0 Å². The molecule has 4 rings (SSSR count). The fraction of sp³-hybridized carbons (Fsp3) is 0.444. The molecule has 2 aliphatic heterocycles. The molecule has 2 aromatic rings. The van der Waals surface area contributed by atoms with Gasteiger partial charge in [-0.3, -0.25) is 9.48 Å². The van der Waals surface area contributed by atoms with Gasteiger partial charge in [0.05, 0.1) is 11.6 Å². The molecule has 3 heterocycles. The summed E-state index contributed by atoms with van der Waals surface area (Å²) in [5.74, 6) is 0.0597. The van der Waals surface area contributed by atoms with Crippen molar-refractivity contribution in [2.75, 3.05) is 18.1 Å². The average molecular weight is 311 g/mol. The molecule has 2 aliphatic rings. The number of fused-ring (bicyclic) bond motifs is 1. The number of aryl methyl sites for hydroxylation is 1. The first-order chi connectivity index (χ1) is 11.3. The quantitative estimate of drug-likeness (QED) is 0.875. The summed E-state index contributed by atoms with van der Waals surface area (Å²) in [7, 11) is 0. The van der Waals surface area contributed by atoms with E-state index in [9.17, 15) is 4.79 Å². The molecule has 5 nitrogen and oxygen atoms in total. The van der Waals surface area contributed by atoms with Crippen LogP contribution in [0.2, 0.25) is 0 Å². The third-order valence-electron chi connectivity index (χ3n) is 4.90. The Bertz CT molecular complexity index is 725. The molecule has 0 radical (unpaired) electrons. The van der Waals surface area contributed by atoms with E-state index in [-0.39, 0.29) is 17.9 Å². The zero-order valence-corrected chi connectivity index (χ0v) is 13.3. The van der Waals surface area contributed by atoms with Crippen LogP contribution in [0.25, 0.3) is 0 Å². The monoisotopic (exact) mass is 311 g/mol. The van der Waals surface area contributed by atoms with Crippen LogP contribution in [0.15, 0.2) is 36.5 Å². The first-order valence-electron chi connectivity index (χ1n) is 8.32. The van der Waals surface area contributed by atoms with E-state index in [1.807, 2.05) is 33.8 Å². The van der Waals surface area contributed by atoms with Gasteiger partial charge in [0.15, 0.2) is 0 Å². The zero-order chi connectivity index (χ0) is 15.8. The molecule has 23 heavy (non-hydrogen) atoms. The Labute approximate surface area is 135 Å². The lowest BCUT2D eigenvalue weighted by Gasteiger charge is -2.25. The maximum Gasteiger partial charge on any atom is 0.233 e. The molecular weight excluding hydrogens is 290 g/mol. The minimum absolute atomic E-state index is 0.122. The second kappa shape index (κ2) is 5.81. The van der Waals surface area contributed by atoms with Gasteiger partial charge < -0.3 is 9.64 Å². The molecule has 0 spiro atoms. The molecule has 0 aliphatic carbocycles. The largest absolute Gasteiger partial charge is 0.371 e. The fourth-order valence-corrected chi connectivity index (χ4v) is 3.75. The molecule has 0 unspecified atom stereocenters. The summed E-state index contributed by atoms with van der Waals surface area (Å²) in [6, 6.07) is 10.2. The van der Waals surface area contributed by atoms with Gasteiger partial charge in [0.2, 0.25) is 5.91 Å². The Kier molecular flexibility index (Phi) is 3.65. The molecule has 2 atom stereocenters. The Hall–Kier alpha value is -2.14. The van der Waals surface area contributed by atoms with E-state index in [0.717, 1.165) is 37.3 Å². The van der Waals surface area contributed by atoms with Crippen LogP contribution in [0.1, 0.15) is 30.7 Å². The molecule has 0 bridgehead atoms. The number of carbonyl (C=O) groups is 1. The number of ether oxygens (including phenoxy) is 1. The molecular formula is C18H21N3O2. The van der Waals surface area contributed by atoms with Crippen LogP contribution in [0.5, 0.6) is 0 Å². The number of benzene rings is 1. The summed E-state index contributed by atoms with van der Waals surface area (Å²) in [6.07, 6.45) is 3.31. The number of aromatic nitrogens is 2. The first-order valence-corrected chi connectivity index (χ1v) is 8.32. The van der Waals surface area contributed by atoms with Gasteiger partial charge in [-0.2, -0.15) is 5.10 Å². The second-order valence-electron chi connectivity index (χ2n) is 6.13. The van der Waals surface area contributed by atoms with Crippen LogP contribution in [0.3, 0.4) is 0 Å². The number of rotatable bonds is 3. The van der Waals surface area contributed by atoms with Gasteiger partial charge in [-0.1, -0.05) is 18.2 Å². The molecule has 1 aromatic carbocycles. The Morgan fingerprint density at radius 2 is 2.22 bits per heavy atom. The number of nitrogens with zero attached hydrogens (tertiary/aromatic N) is 3. The van der Waals surface area contributed by atoms with E-state index in [2.05, 4.69) is 18.1 Å². The fourth-order valence-electron chi connectivity index (χ4n) is 3.75. The highest BCUT2D eigenvalue weighted by Crippen LogP contribution is 2.38. The lowest BCUT2D eigenvalue weighted by atomic mass is 9.97. The standard InChI is InChI=1S/C18H21N3O2/c1-2-21-16(7-10-19-21)17-14(9-12-23-17)18(22)20-11-8-13-5-3-4-6-15(13)20/h3-7,10,14,17H,2,8-9,11-12H2,1H3/t14-,17-/m1/s1. The smallest absolute Gasteiger partial charge is 0.233 e. The predicted octanol–water partition coefficient (Wildman–Crippen LogP) is 2.57. The molecule has 1 amide bonds. The van der Waals surface area contributed by atoms with Crippen LogP contribution in [-0.2, 0) is 22.5 Å². The second-order valence-corrected chi connectivity index (χ2v) is 6.13. The third-order valence-corrected chi connectivity index (χ3v) is 4.90. The topological polar surface area (TPSA) is 47.4 Å². The molecule has 1 aromatic heterocycles. The molecule has 0 N–H and O–H groups in total. The minimum atomic E-state index is -0.183. The van der Waals surface area contributed by atoms with E-state index in [4.69, 9.17) is 4.74 Å². The van der Waals surface area contributed by atoms with Crippen molar-refractivity contribution in [1.29, 1.82) is 0 Å². The van der Waals surface area contributed by atoms with E-state index in [0.29, 0.717) is 6.61 Å². The van der Waals surface area contributed by atoms with Crippen molar-refractivity contribution in [3.05, 3.63) is 47.8 Å². The van der Waals surface area contributed by atoms with Gasteiger partial charge in [-0.15, -0.1) is 0 Å². The predicted molar refractivity (Wildman–Crippen MR) is 87.2 cm³/mol. The van der Waals surface area contributed by atoms with Crippen molar-refractivity contribution >= 4 is 11.6 Å². The minimum Gasteiger partial charge on any atom is -0.371 e. The Morgan fingerprint density at radius 3 is 3.09 bits per heavy atom. The summed E-state index contributed by atoms with van der Waals surface area (Å²) in [5.41, 5.74) is 3.33. The zero-order valence-electron chi connectivity index (χ0n) is 13.3. The highest BCUT2D eigenvalue weighted by atomic mass is 16.5. The third kappa shape index (κ3) is 2.36. The Morgan fingerprint density at radius 1 is 1.35 bits per heavy atom. The van der Waals surface area contributed by atoms with Crippen LogP contribution in [0.4, 0.5) is 5.69 Å². The van der Waals surface area contributed by atoms with Crippen LogP contribution < -0.4 is 4.90 Å². The molecule has 5 heteroatoms. The number of hydrogen-bond acceptors (Lipinski definition) is 3. The lowest BCUT2D eigenvalue weighted by molar-refractivity contribution is -0.124. The summed E-state index contributed by atoms with van der Waals surface area (Å²) >= 11 is 0. The molecule has 0 saturated carbocycles. The average Bonchev–Trinajstić information content (AvgIpc) is 3.31. The van der Waals surface area contributed by atoms with Gasteiger partial charge in [-0.25, -0.2) is 0 Å². The van der Waals surface area contributed by atoms with Crippen molar-refractivity contribution in [2.45, 2.75) is 32.4 Å².